The molecule has 2 heterocycles. The first-order valence-corrected chi connectivity index (χ1v) is 23.0. The topological polar surface area (TPSA) is 272 Å². The third-order valence-corrected chi connectivity index (χ3v) is 14.8. The lowest BCUT2D eigenvalue weighted by atomic mass is 9.46. The number of carbonyl (C=O) groups is 7. The van der Waals surface area contributed by atoms with Crippen molar-refractivity contribution < 1.29 is 72.1 Å². The lowest BCUT2D eigenvalue weighted by Gasteiger charge is -2.59. The quantitative estimate of drug-likeness (QED) is 0.111. The summed E-state index contributed by atoms with van der Waals surface area (Å²) in [5, 5.41) is 26.4. The van der Waals surface area contributed by atoms with Gasteiger partial charge < -0.3 is 40.1 Å². The highest BCUT2D eigenvalue weighted by Gasteiger charge is 2.76. The second kappa shape index (κ2) is 17.4. The van der Waals surface area contributed by atoms with E-state index in [1.54, 1.807) is 42.5 Å². The highest BCUT2D eigenvalue weighted by Crippen LogP contribution is 2.70. The fourth-order valence-electron chi connectivity index (χ4n) is 11.5. The number of imide groups is 1. The first-order chi connectivity index (χ1) is 30.7. The number of carboxylic acids is 1. The highest BCUT2D eigenvalue weighted by molar-refractivity contribution is 7.46. The number of aliphatic hydroxyl groups is 1. The molecule has 0 bridgehead atoms. The van der Waals surface area contributed by atoms with Crippen molar-refractivity contribution >= 4 is 54.7 Å². The minimum Gasteiger partial charge on any atom is -0.481 e. The van der Waals surface area contributed by atoms with Crippen LogP contribution in [0.3, 0.4) is 0 Å². The summed E-state index contributed by atoms with van der Waals surface area (Å²) in [5.41, 5.74) is 0.210. The Bertz CT molecular complexity index is 2460. The standard InChI is InChI=1S/C46H50N3O15P/c1-44-17-16-30(50)20-28(44)10-11-31-32-21-36-46(35(52)24-62-65(59,60)61,45(32,2)22-34(51)41(31)44)64-43(63-36)27-8-6-25(7-9-27)18-26-4-3-5-29(19-26)47-42(58)33(12-15-40(56)57)48-37(53)23-49-38(54)13-14-39(49)55/h3-9,13-14,16-17,19-20,31-34,36,41,43,51H,10-12,15,18,21-24H2,1-2H3,(H,47,58)(H,48,53)(H,56,57)(H2,59,60,61)/t31-,32-,33-,34-,36+,41+,43+,44-,45-,46+/m0/s1. The van der Waals surface area contributed by atoms with Crippen LogP contribution in [-0.4, -0.2) is 103 Å². The lowest BCUT2D eigenvalue weighted by Crippen LogP contribution is -2.63. The van der Waals surface area contributed by atoms with E-state index >= 15 is 0 Å². The minimum absolute atomic E-state index is 0.0820. The zero-order valence-corrected chi connectivity index (χ0v) is 36.5. The Morgan fingerprint density at radius 1 is 1.00 bits per heavy atom. The van der Waals surface area contributed by atoms with Gasteiger partial charge in [0.25, 0.3) is 11.8 Å². The summed E-state index contributed by atoms with van der Waals surface area (Å²) >= 11 is 0. The number of phosphoric acid groups is 1. The molecule has 0 aromatic heterocycles. The second-order valence-electron chi connectivity index (χ2n) is 18.2. The maximum Gasteiger partial charge on any atom is 0.470 e. The van der Waals surface area contributed by atoms with E-state index in [4.69, 9.17) is 14.0 Å². The Hall–Kier alpha value is -5.46. The van der Waals surface area contributed by atoms with Crippen LogP contribution in [0.4, 0.5) is 5.69 Å². The number of hydrogen-bond acceptors (Lipinski definition) is 12. The van der Waals surface area contributed by atoms with Crippen molar-refractivity contribution in [3.05, 3.63) is 101 Å². The summed E-state index contributed by atoms with van der Waals surface area (Å²) in [6, 6.07) is 12.8. The van der Waals surface area contributed by atoms with Gasteiger partial charge in [-0.15, -0.1) is 0 Å². The zero-order chi connectivity index (χ0) is 46.6. The Labute approximate surface area is 373 Å². The average Bonchev–Trinajstić information content (AvgIpc) is 3.86. The number of nitrogens with zero attached hydrogens (tertiary/aromatic N) is 1. The molecule has 4 aliphatic carbocycles. The first kappa shape index (κ1) is 46.1. The van der Waals surface area contributed by atoms with Crippen LogP contribution in [0, 0.1) is 28.6 Å². The SMILES string of the molecule is C[C@]12C=CC(=O)C=C1CC[C@@H]1[C@@H]2[C@@H](O)C[C@@]2(C)[C@H]1C[C@H]1O[C@@H](c3ccc(Cc4cccc(NC(=O)[C@H](CCC(=O)O)NC(=O)CN5C(=O)C=CC5=O)c4)cc3)O[C@]12C(=O)COP(=O)(O)O. The van der Waals surface area contributed by atoms with Crippen molar-refractivity contribution in [3.63, 3.8) is 0 Å². The molecule has 8 rings (SSSR count). The number of aliphatic hydroxyl groups excluding tert-OH is 1. The van der Waals surface area contributed by atoms with Crippen LogP contribution in [-0.2, 0) is 58.5 Å². The summed E-state index contributed by atoms with van der Waals surface area (Å²) in [4.78, 5) is 108. The van der Waals surface area contributed by atoms with Crippen molar-refractivity contribution in [1.82, 2.24) is 10.2 Å². The number of ether oxygens (including phenoxy) is 2. The van der Waals surface area contributed by atoms with Crippen molar-refractivity contribution in [2.75, 3.05) is 18.5 Å². The molecule has 4 amide bonds. The molecular weight excluding hydrogens is 865 g/mol. The third-order valence-electron chi connectivity index (χ3n) is 14.4. The molecule has 3 saturated carbocycles. The summed E-state index contributed by atoms with van der Waals surface area (Å²) < 4.78 is 29.9. The number of phosphoric ester groups is 1. The molecule has 4 fully saturated rings. The van der Waals surface area contributed by atoms with E-state index in [1.165, 1.54) is 0 Å². The molecule has 65 heavy (non-hydrogen) atoms. The maximum atomic E-state index is 14.4. The maximum absolute atomic E-state index is 14.4. The predicted molar refractivity (Wildman–Crippen MR) is 227 cm³/mol. The number of rotatable bonds is 15. The van der Waals surface area contributed by atoms with E-state index < -0.39 is 104 Å². The third kappa shape index (κ3) is 8.71. The summed E-state index contributed by atoms with van der Waals surface area (Å²) in [7, 11) is -5.05. The van der Waals surface area contributed by atoms with Crippen LogP contribution in [0.5, 0.6) is 0 Å². The smallest absolute Gasteiger partial charge is 0.470 e. The van der Waals surface area contributed by atoms with Gasteiger partial charge in [0.15, 0.2) is 23.5 Å². The lowest BCUT2D eigenvalue weighted by molar-refractivity contribution is -0.200. The molecule has 6 aliphatic rings. The Morgan fingerprint density at radius 2 is 1.72 bits per heavy atom. The molecule has 0 radical (unpaired) electrons. The van der Waals surface area contributed by atoms with E-state index in [1.807, 2.05) is 38.1 Å². The number of nitrogens with one attached hydrogen (secondary N) is 2. The molecule has 19 heteroatoms. The number of aliphatic carboxylic acids is 1. The Morgan fingerprint density at radius 3 is 2.42 bits per heavy atom. The van der Waals surface area contributed by atoms with E-state index in [0.29, 0.717) is 41.8 Å². The summed E-state index contributed by atoms with van der Waals surface area (Å²) in [6.45, 7) is 2.35. The van der Waals surface area contributed by atoms with Gasteiger partial charge in [-0.25, -0.2) is 4.57 Å². The highest BCUT2D eigenvalue weighted by atomic mass is 31.2. The predicted octanol–water partition coefficient (Wildman–Crippen LogP) is 3.21. The van der Waals surface area contributed by atoms with Crippen LogP contribution in [0.25, 0.3) is 0 Å². The monoisotopic (exact) mass is 915 g/mol. The molecule has 1 saturated heterocycles. The van der Waals surface area contributed by atoms with Crippen molar-refractivity contribution in [2.24, 2.45) is 28.6 Å². The van der Waals surface area contributed by atoms with E-state index in [2.05, 4.69) is 10.6 Å². The molecule has 344 valence electrons. The molecule has 2 aliphatic heterocycles. The molecule has 0 unspecified atom stereocenters. The van der Waals surface area contributed by atoms with Crippen LogP contribution < -0.4 is 10.6 Å². The van der Waals surface area contributed by atoms with E-state index in [-0.39, 0.29) is 36.4 Å². The normalized spacial score (nSPS) is 31.7. The summed E-state index contributed by atoms with van der Waals surface area (Å²) in [6.07, 6.45) is 5.85. The number of fused-ring (bicyclic) bond motifs is 7. The van der Waals surface area contributed by atoms with Gasteiger partial charge in [-0.05, 0) is 85.8 Å². The molecule has 2 aromatic carbocycles. The molecule has 2 aromatic rings. The van der Waals surface area contributed by atoms with Gasteiger partial charge in [0, 0.05) is 46.6 Å². The molecule has 0 spiro atoms. The second-order valence-corrected chi connectivity index (χ2v) is 19.4. The van der Waals surface area contributed by atoms with Crippen LogP contribution in [0.15, 0.2) is 84.5 Å². The van der Waals surface area contributed by atoms with Gasteiger partial charge in [0.1, 0.15) is 19.2 Å². The van der Waals surface area contributed by atoms with Crippen LogP contribution in [0.1, 0.15) is 75.4 Å². The number of hydrogen-bond donors (Lipinski definition) is 6. The molecule has 18 nitrogen and oxygen atoms in total. The van der Waals surface area contributed by atoms with Gasteiger partial charge in [0.05, 0.1) is 12.2 Å². The number of carboxylic acid groups (broad SMARTS) is 1. The van der Waals surface area contributed by atoms with Crippen LogP contribution >= 0.6 is 7.82 Å². The first-order valence-electron chi connectivity index (χ1n) is 21.4. The molecule has 10 atom stereocenters. The van der Waals surface area contributed by atoms with E-state index in [0.717, 1.165) is 28.9 Å². The Balaban J connectivity index is 0.965. The van der Waals surface area contributed by atoms with Gasteiger partial charge in [-0.2, -0.15) is 0 Å². The van der Waals surface area contributed by atoms with Gasteiger partial charge in [0.2, 0.25) is 11.8 Å². The largest absolute Gasteiger partial charge is 0.481 e. The number of allylic oxidation sites excluding steroid dienone is 4. The average molecular weight is 916 g/mol. The number of ketones is 2. The van der Waals surface area contributed by atoms with Gasteiger partial charge >= 0.3 is 13.8 Å². The van der Waals surface area contributed by atoms with E-state index in [9.17, 15) is 58.1 Å². The minimum atomic E-state index is -5.05. The van der Waals surface area contributed by atoms with Crippen LogP contribution in [0.2, 0.25) is 0 Å². The van der Waals surface area contributed by atoms with Gasteiger partial charge in [-0.3, -0.25) is 43.0 Å². The van der Waals surface area contributed by atoms with Gasteiger partial charge in [-0.1, -0.05) is 61.9 Å². The van der Waals surface area contributed by atoms with Crippen molar-refractivity contribution in [2.45, 2.75) is 88.9 Å². The number of carbonyl (C=O) groups excluding carboxylic acids is 6. The van der Waals surface area contributed by atoms with Crippen molar-refractivity contribution in [1.29, 1.82) is 0 Å². The zero-order valence-electron chi connectivity index (χ0n) is 35.6. The number of amides is 4. The molecule has 6 N–H and O–H groups in total. The molecular formula is C46H50N3O15P. The van der Waals surface area contributed by atoms with Crippen molar-refractivity contribution in [3.8, 4) is 0 Å². The number of anilines is 1. The fourth-order valence-corrected chi connectivity index (χ4v) is 11.8. The fraction of sp³-hybridized carbons (Fsp3) is 0.457. The summed E-state index contributed by atoms with van der Waals surface area (Å²) in [5.74, 6) is -5.38. The Kier molecular flexibility index (Phi) is 12.3. The number of benzene rings is 2. The number of Topliss-reactive ketones (excluding diaryl/α,β-unsaturated/α-hetero) is 1.